The van der Waals surface area contributed by atoms with Gasteiger partial charge in [-0.15, -0.1) is 0 Å². The monoisotopic (exact) mass is 298 g/mol. The second-order valence-electron chi connectivity index (χ2n) is 5.73. The van der Waals surface area contributed by atoms with Gasteiger partial charge in [-0.1, -0.05) is 25.0 Å². The minimum absolute atomic E-state index is 0.0155. The summed E-state index contributed by atoms with van der Waals surface area (Å²) in [5.41, 5.74) is 2.01. The van der Waals surface area contributed by atoms with Crippen LogP contribution < -0.4 is 5.32 Å². The number of carbonyl (C=O) groups is 1. The normalized spacial score (nSPS) is 15.4. The number of urea groups is 1. The van der Waals surface area contributed by atoms with Crippen LogP contribution in [0.5, 0.6) is 0 Å². The first kappa shape index (κ1) is 14.6. The van der Waals surface area contributed by atoms with E-state index in [0.29, 0.717) is 0 Å². The van der Waals surface area contributed by atoms with Crippen molar-refractivity contribution in [3.05, 3.63) is 48.3 Å². The number of benzene rings is 1. The van der Waals surface area contributed by atoms with E-state index < -0.39 is 0 Å². The van der Waals surface area contributed by atoms with E-state index >= 15 is 0 Å². The highest BCUT2D eigenvalue weighted by atomic mass is 16.2. The molecule has 0 saturated carbocycles. The molecule has 1 fully saturated rings. The lowest BCUT2D eigenvalue weighted by Gasteiger charge is -2.20. The molecule has 0 aliphatic carbocycles. The Morgan fingerprint density at radius 2 is 1.82 bits per heavy atom. The highest BCUT2D eigenvalue weighted by Crippen LogP contribution is 2.14. The Balaban J connectivity index is 1.57. The number of rotatable bonds is 3. The molecule has 1 N–H and O–H groups in total. The molecule has 0 unspecified atom stereocenters. The minimum Gasteiger partial charge on any atom is -0.325 e. The second kappa shape index (κ2) is 7.11. The van der Waals surface area contributed by atoms with Crippen LogP contribution in [0.25, 0.3) is 0 Å². The van der Waals surface area contributed by atoms with Gasteiger partial charge in [-0.05, 0) is 36.6 Å². The van der Waals surface area contributed by atoms with Crippen molar-refractivity contribution in [2.45, 2.75) is 32.2 Å². The van der Waals surface area contributed by atoms with Gasteiger partial charge in [0.15, 0.2) is 0 Å². The molecule has 1 aromatic heterocycles. The van der Waals surface area contributed by atoms with E-state index in [1.165, 1.54) is 12.8 Å². The molecule has 2 heterocycles. The molecule has 22 heavy (non-hydrogen) atoms. The van der Waals surface area contributed by atoms with E-state index in [9.17, 15) is 4.79 Å². The van der Waals surface area contributed by atoms with E-state index in [0.717, 1.165) is 43.7 Å². The number of amides is 2. The lowest BCUT2D eigenvalue weighted by Crippen LogP contribution is -2.35. The van der Waals surface area contributed by atoms with E-state index in [1.54, 1.807) is 6.20 Å². The zero-order chi connectivity index (χ0) is 15.2. The molecule has 116 valence electrons. The molecule has 1 saturated heterocycles. The van der Waals surface area contributed by atoms with E-state index in [4.69, 9.17) is 0 Å². The van der Waals surface area contributed by atoms with Crippen LogP contribution in [0.15, 0.2) is 42.7 Å². The summed E-state index contributed by atoms with van der Waals surface area (Å²) in [4.78, 5) is 14.2. The number of nitrogens with one attached hydrogen (secondary N) is 1. The summed E-state index contributed by atoms with van der Waals surface area (Å²) in [7, 11) is 0. The van der Waals surface area contributed by atoms with Gasteiger partial charge in [0.1, 0.15) is 0 Å². The SMILES string of the molecule is O=C(Nc1ccc(Cn2cccn2)cc1)N1CCCCCC1. The summed E-state index contributed by atoms with van der Waals surface area (Å²) in [6.45, 7) is 2.47. The molecule has 0 radical (unpaired) electrons. The van der Waals surface area contributed by atoms with Crippen molar-refractivity contribution < 1.29 is 4.79 Å². The summed E-state index contributed by atoms with van der Waals surface area (Å²) < 4.78 is 1.88. The molecule has 5 nitrogen and oxygen atoms in total. The summed E-state index contributed by atoms with van der Waals surface area (Å²) in [6.07, 6.45) is 8.38. The van der Waals surface area contributed by atoms with Gasteiger partial charge in [-0.2, -0.15) is 5.10 Å². The molecule has 5 heteroatoms. The van der Waals surface area contributed by atoms with Crippen molar-refractivity contribution in [1.82, 2.24) is 14.7 Å². The molecular weight excluding hydrogens is 276 g/mol. The second-order valence-corrected chi connectivity index (χ2v) is 5.73. The molecule has 1 aliphatic heterocycles. The fraction of sp³-hybridized carbons (Fsp3) is 0.412. The maximum atomic E-state index is 12.3. The maximum Gasteiger partial charge on any atom is 0.321 e. The van der Waals surface area contributed by atoms with Crippen molar-refractivity contribution in [1.29, 1.82) is 0 Å². The van der Waals surface area contributed by atoms with Crippen LogP contribution in [-0.4, -0.2) is 33.8 Å². The fourth-order valence-electron chi connectivity index (χ4n) is 2.75. The van der Waals surface area contributed by atoms with Gasteiger partial charge in [-0.25, -0.2) is 4.79 Å². The Kier molecular flexibility index (Phi) is 4.73. The highest BCUT2D eigenvalue weighted by molar-refractivity contribution is 5.89. The Hall–Kier alpha value is -2.30. The number of carbonyl (C=O) groups excluding carboxylic acids is 1. The van der Waals surface area contributed by atoms with Gasteiger partial charge in [0.25, 0.3) is 0 Å². The van der Waals surface area contributed by atoms with Crippen LogP contribution in [0, 0.1) is 0 Å². The lowest BCUT2D eigenvalue weighted by atomic mass is 10.2. The Labute approximate surface area is 130 Å². The first-order valence-corrected chi connectivity index (χ1v) is 7.93. The first-order chi connectivity index (χ1) is 10.8. The van der Waals surface area contributed by atoms with Gasteiger partial charge < -0.3 is 10.2 Å². The summed E-state index contributed by atoms with van der Waals surface area (Å²) in [5, 5.41) is 7.18. The first-order valence-electron chi connectivity index (χ1n) is 7.93. The summed E-state index contributed by atoms with van der Waals surface area (Å²) in [5.74, 6) is 0. The standard InChI is InChI=1S/C17H22N4O/c22-17(20-11-3-1-2-4-12-20)19-16-8-6-15(7-9-16)14-21-13-5-10-18-21/h5-10,13H,1-4,11-12,14H2,(H,19,22). The number of hydrogen-bond acceptors (Lipinski definition) is 2. The van der Waals surface area contributed by atoms with Crippen LogP contribution in [0.4, 0.5) is 10.5 Å². The quantitative estimate of drug-likeness (QED) is 0.945. The minimum atomic E-state index is 0.0155. The van der Waals surface area contributed by atoms with Crippen LogP contribution in [0.3, 0.4) is 0 Å². The molecular formula is C17H22N4O. The van der Waals surface area contributed by atoms with Crippen LogP contribution in [0.1, 0.15) is 31.2 Å². The molecule has 0 atom stereocenters. The number of likely N-dealkylation sites (tertiary alicyclic amines) is 1. The molecule has 1 aromatic carbocycles. The third-order valence-electron chi connectivity index (χ3n) is 4.00. The number of aromatic nitrogens is 2. The Morgan fingerprint density at radius 1 is 1.09 bits per heavy atom. The third kappa shape index (κ3) is 3.87. The molecule has 0 bridgehead atoms. The number of nitrogens with zero attached hydrogens (tertiary/aromatic N) is 3. The highest BCUT2D eigenvalue weighted by Gasteiger charge is 2.15. The van der Waals surface area contributed by atoms with Gasteiger partial charge in [0.05, 0.1) is 6.54 Å². The number of hydrogen-bond donors (Lipinski definition) is 1. The van der Waals surface area contributed by atoms with Crippen molar-refractivity contribution in [2.24, 2.45) is 0 Å². The van der Waals surface area contributed by atoms with Gasteiger partial charge in [-0.3, -0.25) is 4.68 Å². The van der Waals surface area contributed by atoms with Gasteiger partial charge >= 0.3 is 6.03 Å². The van der Waals surface area contributed by atoms with E-state index in [-0.39, 0.29) is 6.03 Å². The number of anilines is 1. The smallest absolute Gasteiger partial charge is 0.321 e. The molecule has 1 aliphatic rings. The van der Waals surface area contributed by atoms with Crippen molar-refractivity contribution in [2.75, 3.05) is 18.4 Å². The van der Waals surface area contributed by atoms with Crippen LogP contribution in [0.2, 0.25) is 0 Å². The van der Waals surface area contributed by atoms with Crippen molar-refractivity contribution >= 4 is 11.7 Å². The largest absolute Gasteiger partial charge is 0.325 e. The van der Waals surface area contributed by atoms with Crippen molar-refractivity contribution in [3.63, 3.8) is 0 Å². The summed E-state index contributed by atoms with van der Waals surface area (Å²) in [6, 6.07) is 9.89. The third-order valence-corrected chi connectivity index (χ3v) is 4.00. The van der Waals surface area contributed by atoms with Gasteiger partial charge in [0, 0.05) is 31.2 Å². The predicted molar refractivity (Wildman–Crippen MR) is 86.8 cm³/mol. The Bertz CT molecular complexity index is 584. The maximum absolute atomic E-state index is 12.3. The predicted octanol–water partition coefficient (Wildman–Crippen LogP) is 3.34. The van der Waals surface area contributed by atoms with Crippen LogP contribution >= 0.6 is 0 Å². The lowest BCUT2D eigenvalue weighted by molar-refractivity contribution is 0.214. The zero-order valence-electron chi connectivity index (χ0n) is 12.7. The summed E-state index contributed by atoms with van der Waals surface area (Å²) >= 11 is 0. The van der Waals surface area contributed by atoms with Crippen LogP contribution in [-0.2, 0) is 6.54 Å². The molecule has 2 amide bonds. The average Bonchev–Trinajstić information content (AvgIpc) is 2.88. The van der Waals surface area contributed by atoms with Gasteiger partial charge in [0.2, 0.25) is 0 Å². The fourth-order valence-corrected chi connectivity index (χ4v) is 2.75. The van der Waals surface area contributed by atoms with E-state index in [1.807, 2.05) is 46.1 Å². The van der Waals surface area contributed by atoms with Crippen molar-refractivity contribution in [3.8, 4) is 0 Å². The Morgan fingerprint density at radius 3 is 2.45 bits per heavy atom. The molecule has 0 spiro atoms. The average molecular weight is 298 g/mol. The zero-order valence-corrected chi connectivity index (χ0v) is 12.7. The molecule has 3 rings (SSSR count). The molecule has 2 aromatic rings. The topological polar surface area (TPSA) is 50.2 Å². The van der Waals surface area contributed by atoms with E-state index in [2.05, 4.69) is 10.4 Å².